The van der Waals surface area contributed by atoms with Crippen LogP contribution in [0, 0.1) is 12.8 Å². The summed E-state index contributed by atoms with van der Waals surface area (Å²) in [6.45, 7) is 8.31. The number of rotatable bonds is 10. The molecule has 0 fully saturated rings. The predicted octanol–water partition coefficient (Wildman–Crippen LogP) is 5.84. The third-order valence-electron chi connectivity index (χ3n) is 5.51. The molecule has 0 aromatic heterocycles. The summed E-state index contributed by atoms with van der Waals surface area (Å²) in [7, 11) is 1.50. The van der Waals surface area contributed by atoms with Crippen LogP contribution in [0.1, 0.15) is 67.1 Å². The molecule has 2 rings (SSSR count). The minimum Gasteiger partial charge on any atom is -0.496 e. The first-order valence-corrected chi connectivity index (χ1v) is 12.1. The van der Waals surface area contributed by atoms with Gasteiger partial charge in [-0.2, -0.15) is 0 Å². The van der Waals surface area contributed by atoms with E-state index in [9.17, 15) is 14.4 Å². The molecule has 1 aliphatic heterocycles. The fourth-order valence-electron chi connectivity index (χ4n) is 3.53. The number of halogens is 3. The van der Waals surface area contributed by atoms with Gasteiger partial charge in [0.05, 0.1) is 25.0 Å². The number of alkyl halides is 3. The normalized spacial score (nSPS) is 13.6. The lowest BCUT2D eigenvalue weighted by molar-refractivity contribution is -0.143. The number of cyclic esters (lactones) is 1. The van der Waals surface area contributed by atoms with E-state index in [-0.39, 0.29) is 30.2 Å². The minimum absolute atomic E-state index is 0.0566. The highest BCUT2D eigenvalue weighted by Gasteiger charge is 2.36. The van der Waals surface area contributed by atoms with Crippen LogP contribution in [0.3, 0.4) is 0 Å². The third kappa shape index (κ3) is 7.27. The highest BCUT2D eigenvalue weighted by atomic mass is 35.6. The van der Waals surface area contributed by atoms with E-state index in [2.05, 4.69) is 19.2 Å². The van der Waals surface area contributed by atoms with Gasteiger partial charge >= 0.3 is 11.9 Å². The molecule has 0 saturated carbocycles. The van der Waals surface area contributed by atoms with Crippen molar-refractivity contribution in [1.82, 2.24) is 0 Å². The van der Waals surface area contributed by atoms with Crippen LogP contribution in [-0.4, -0.2) is 35.4 Å². The van der Waals surface area contributed by atoms with Crippen molar-refractivity contribution in [2.45, 2.75) is 63.8 Å². The summed E-state index contributed by atoms with van der Waals surface area (Å²) in [5.74, 6) is -0.775. The van der Waals surface area contributed by atoms with Gasteiger partial charge in [0.1, 0.15) is 12.4 Å². The van der Waals surface area contributed by atoms with E-state index in [0.717, 1.165) is 17.6 Å². The Balaban J connectivity index is 2.30. The van der Waals surface area contributed by atoms with Crippen LogP contribution in [0.15, 0.2) is 11.6 Å². The zero-order valence-electron chi connectivity index (χ0n) is 20.0. The Kier molecular flexibility index (Phi) is 10.1. The number of ether oxygens (including phenoxy) is 3. The van der Waals surface area contributed by atoms with Gasteiger partial charge in [0, 0.05) is 17.5 Å². The Labute approximate surface area is 215 Å². The van der Waals surface area contributed by atoms with E-state index >= 15 is 0 Å². The summed E-state index contributed by atoms with van der Waals surface area (Å²) in [6, 6.07) is 0. The molecule has 7 nitrogen and oxygen atoms in total. The van der Waals surface area contributed by atoms with Crippen molar-refractivity contribution >= 4 is 58.3 Å². The first-order chi connectivity index (χ1) is 15.9. The van der Waals surface area contributed by atoms with Crippen molar-refractivity contribution in [2.75, 3.05) is 19.0 Å². The van der Waals surface area contributed by atoms with Gasteiger partial charge in [-0.3, -0.25) is 9.59 Å². The quantitative estimate of drug-likeness (QED) is 0.230. The summed E-state index contributed by atoms with van der Waals surface area (Å²) in [5, 5.41) is 2.57. The lowest BCUT2D eigenvalue weighted by atomic mass is 9.93. The minimum atomic E-state index is -2.23. The van der Waals surface area contributed by atoms with Crippen molar-refractivity contribution < 1.29 is 28.6 Å². The number of hydrogen-bond donors (Lipinski definition) is 1. The lowest BCUT2D eigenvalue weighted by Gasteiger charge is -2.21. The summed E-state index contributed by atoms with van der Waals surface area (Å²) in [4.78, 5) is 36.9. The second kappa shape index (κ2) is 12.1. The molecule has 34 heavy (non-hydrogen) atoms. The molecule has 0 unspecified atom stereocenters. The Bertz CT molecular complexity index is 982. The molecule has 10 heteroatoms. The highest BCUT2D eigenvalue weighted by Crippen LogP contribution is 2.42. The SMILES string of the molecule is COc1c(C)c2c(c(NC(=O)C(Cl)(Cl)Cl)c1C/C=C(\C)CCC(=O)OCCC(C)C)C(=O)OC2. The third-order valence-corrected chi connectivity index (χ3v) is 6.02. The maximum atomic E-state index is 12.5. The number of hydrogen-bond acceptors (Lipinski definition) is 6. The molecule has 0 spiro atoms. The number of anilines is 1. The van der Waals surface area contributed by atoms with E-state index < -0.39 is 15.7 Å². The highest BCUT2D eigenvalue weighted by molar-refractivity contribution is 6.76. The number of methoxy groups -OCH3 is 1. The topological polar surface area (TPSA) is 90.9 Å². The van der Waals surface area contributed by atoms with E-state index in [1.165, 1.54) is 7.11 Å². The fourth-order valence-corrected chi connectivity index (χ4v) is 3.68. The number of nitrogens with one attached hydrogen (secondary N) is 1. The number of fused-ring (bicyclic) bond motifs is 1. The number of esters is 2. The van der Waals surface area contributed by atoms with Crippen molar-refractivity contribution in [1.29, 1.82) is 0 Å². The first kappa shape index (κ1) is 28.3. The molecule has 0 saturated heterocycles. The maximum absolute atomic E-state index is 12.5. The molecular weight excluding hydrogens is 505 g/mol. The Hall–Kier alpha value is -1.96. The summed E-state index contributed by atoms with van der Waals surface area (Å²) in [6.07, 6.45) is 3.78. The van der Waals surface area contributed by atoms with Crippen molar-refractivity contribution in [2.24, 2.45) is 5.92 Å². The van der Waals surface area contributed by atoms with E-state index in [1.54, 1.807) is 0 Å². The predicted molar refractivity (Wildman–Crippen MR) is 133 cm³/mol. The summed E-state index contributed by atoms with van der Waals surface area (Å²) < 4.78 is 13.8. The average molecular weight is 535 g/mol. The van der Waals surface area contributed by atoms with Crippen molar-refractivity contribution in [3.8, 4) is 5.75 Å². The van der Waals surface area contributed by atoms with Gasteiger partial charge in [-0.15, -0.1) is 0 Å². The standard InChI is InChI=1S/C24H30Cl3NO6/c1-13(2)10-11-33-18(29)9-7-14(3)6-8-16-20(28-23(31)24(25,26)27)19-17(12-34-22(19)30)15(4)21(16)32-5/h6,13H,7-12H2,1-5H3,(H,28,31)/b14-6+. The summed E-state index contributed by atoms with van der Waals surface area (Å²) >= 11 is 17.2. The van der Waals surface area contributed by atoms with Crippen LogP contribution in [0.25, 0.3) is 0 Å². The molecular formula is C24H30Cl3NO6. The van der Waals surface area contributed by atoms with Gasteiger partial charge in [-0.05, 0) is 44.6 Å². The van der Waals surface area contributed by atoms with Crippen LogP contribution < -0.4 is 10.1 Å². The van der Waals surface area contributed by atoms with Gasteiger partial charge in [0.2, 0.25) is 0 Å². The van der Waals surface area contributed by atoms with Gasteiger partial charge in [0.25, 0.3) is 9.70 Å². The van der Waals surface area contributed by atoms with Gasteiger partial charge in [-0.25, -0.2) is 4.79 Å². The van der Waals surface area contributed by atoms with Crippen LogP contribution in [0.2, 0.25) is 0 Å². The molecule has 0 aliphatic carbocycles. The number of benzene rings is 1. The van der Waals surface area contributed by atoms with Crippen LogP contribution in [0.4, 0.5) is 5.69 Å². The molecule has 0 bridgehead atoms. The molecule has 188 valence electrons. The average Bonchev–Trinajstić information content (AvgIpc) is 3.13. The Morgan fingerprint density at radius 1 is 1.24 bits per heavy atom. The largest absolute Gasteiger partial charge is 0.496 e. The fraction of sp³-hybridized carbons (Fsp3) is 0.542. The smallest absolute Gasteiger partial charge is 0.341 e. The molecule has 1 aliphatic rings. The van der Waals surface area contributed by atoms with Crippen molar-refractivity contribution in [3.05, 3.63) is 33.9 Å². The maximum Gasteiger partial charge on any atom is 0.341 e. The van der Waals surface area contributed by atoms with E-state index in [4.69, 9.17) is 49.0 Å². The zero-order valence-corrected chi connectivity index (χ0v) is 22.2. The molecule has 1 N–H and O–H groups in total. The molecule has 0 radical (unpaired) electrons. The van der Waals surface area contributed by atoms with E-state index in [0.29, 0.717) is 42.2 Å². The lowest BCUT2D eigenvalue weighted by Crippen LogP contribution is -2.28. The Morgan fingerprint density at radius 2 is 1.91 bits per heavy atom. The monoisotopic (exact) mass is 533 g/mol. The van der Waals surface area contributed by atoms with Crippen molar-refractivity contribution in [3.63, 3.8) is 0 Å². The second-order valence-corrected chi connectivity index (χ2v) is 10.8. The Morgan fingerprint density at radius 3 is 2.50 bits per heavy atom. The van der Waals surface area contributed by atoms with Crippen LogP contribution in [-0.2, 0) is 32.1 Å². The second-order valence-electron chi connectivity index (χ2n) is 8.55. The van der Waals surface area contributed by atoms with Gasteiger partial charge in [-0.1, -0.05) is 60.3 Å². The number of allylic oxidation sites excluding steroid dienone is 2. The number of carbonyl (C=O) groups is 3. The van der Waals surface area contributed by atoms with Gasteiger partial charge in [0.15, 0.2) is 0 Å². The molecule has 1 heterocycles. The summed E-state index contributed by atoms with van der Waals surface area (Å²) in [5.41, 5.74) is 3.21. The zero-order chi connectivity index (χ0) is 25.6. The molecule has 1 aromatic rings. The first-order valence-electron chi connectivity index (χ1n) is 11.0. The number of amides is 1. The van der Waals surface area contributed by atoms with E-state index in [1.807, 2.05) is 19.9 Å². The number of carbonyl (C=O) groups excluding carboxylic acids is 3. The molecule has 1 amide bonds. The molecule has 0 atom stereocenters. The van der Waals surface area contributed by atoms with Gasteiger partial charge < -0.3 is 19.5 Å². The van der Waals surface area contributed by atoms with Crippen LogP contribution >= 0.6 is 34.8 Å². The molecule has 1 aromatic carbocycles. The van der Waals surface area contributed by atoms with Crippen LogP contribution in [0.5, 0.6) is 5.75 Å².